The number of benzene rings is 2. The van der Waals surface area contributed by atoms with Gasteiger partial charge in [0.05, 0.1) is 15.6 Å². The SMILES string of the molecule is CCNC(=O)C(CC)N(Cc1ccc(Cl)c(Cl)c1)C(=O)CN1C(=O)c2ccccc2S1(=O)=O. The van der Waals surface area contributed by atoms with E-state index in [1.54, 1.807) is 38.1 Å². The van der Waals surface area contributed by atoms with Gasteiger partial charge in [-0.05, 0) is 43.2 Å². The van der Waals surface area contributed by atoms with Gasteiger partial charge in [0.2, 0.25) is 11.8 Å². The molecule has 0 radical (unpaired) electrons. The lowest BCUT2D eigenvalue weighted by Gasteiger charge is -2.31. The minimum atomic E-state index is -4.18. The average Bonchev–Trinajstić information content (AvgIpc) is 2.97. The summed E-state index contributed by atoms with van der Waals surface area (Å²) >= 11 is 12.1. The van der Waals surface area contributed by atoms with Crippen molar-refractivity contribution in [2.24, 2.45) is 0 Å². The molecule has 3 rings (SSSR count). The molecule has 8 nitrogen and oxygen atoms in total. The summed E-state index contributed by atoms with van der Waals surface area (Å²) in [4.78, 5) is 39.9. The van der Waals surface area contributed by atoms with Crippen LogP contribution in [0, 0.1) is 0 Å². The zero-order valence-corrected chi connectivity index (χ0v) is 20.4. The van der Waals surface area contributed by atoms with E-state index in [0.29, 0.717) is 21.4 Å². The number of carbonyl (C=O) groups excluding carboxylic acids is 3. The van der Waals surface area contributed by atoms with Crippen molar-refractivity contribution in [2.45, 2.75) is 37.8 Å². The molecule has 1 N–H and O–H groups in total. The van der Waals surface area contributed by atoms with Crippen molar-refractivity contribution in [2.75, 3.05) is 13.1 Å². The van der Waals surface area contributed by atoms with Crippen LogP contribution in [0.3, 0.4) is 0 Å². The molecule has 11 heteroatoms. The number of carbonyl (C=O) groups is 3. The minimum Gasteiger partial charge on any atom is -0.355 e. The van der Waals surface area contributed by atoms with Crippen LogP contribution in [0.5, 0.6) is 0 Å². The Labute approximate surface area is 202 Å². The monoisotopic (exact) mass is 511 g/mol. The summed E-state index contributed by atoms with van der Waals surface area (Å²) in [5, 5.41) is 3.30. The maximum atomic E-state index is 13.4. The van der Waals surface area contributed by atoms with Gasteiger partial charge in [0, 0.05) is 13.1 Å². The lowest BCUT2D eigenvalue weighted by atomic mass is 10.1. The first-order valence-electron chi connectivity index (χ1n) is 10.3. The quantitative estimate of drug-likeness (QED) is 0.586. The third-order valence-electron chi connectivity index (χ3n) is 5.26. The first-order valence-corrected chi connectivity index (χ1v) is 12.5. The van der Waals surface area contributed by atoms with Gasteiger partial charge in [-0.1, -0.05) is 48.3 Å². The number of nitrogens with zero attached hydrogens (tertiary/aromatic N) is 2. The highest BCUT2D eigenvalue weighted by atomic mass is 35.5. The van der Waals surface area contributed by atoms with E-state index in [2.05, 4.69) is 5.32 Å². The molecule has 0 aromatic heterocycles. The predicted molar refractivity (Wildman–Crippen MR) is 124 cm³/mol. The third kappa shape index (κ3) is 5.00. The topological polar surface area (TPSA) is 104 Å². The second-order valence-corrected chi connectivity index (χ2v) is 10.0. The van der Waals surface area contributed by atoms with Gasteiger partial charge in [-0.25, -0.2) is 12.7 Å². The fourth-order valence-corrected chi connectivity index (χ4v) is 5.49. The molecule has 3 amide bonds. The first kappa shape index (κ1) is 25.0. The molecule has 33 heavy (non-hydrogen) atoms. The molecule has 176 valence electrons. The molecule has 1 aliphatic heterocycles. The van der Waals surface area contributed by atoms with Gasteiger partial charge in [-0.2, -0.15) is 0 Å². The van der Waals surface area contributed by atoms with E-state index >= 15 is 0 Å². The van der Waals surface area contributed by atoms with Crippen molar-refractivity contribution in [3.05, 3.63) is 63.6 Å². The van der Waals surface area contributed by atoms with Crippen molar-refractivity contribution in [1.29, 1.82) is 0 Å². The third-order valence-corrected chi connectivity index (χ3v) is 7.79. The second-order valence-electron chi connectivity index (χ2n) is 7.40. The number of hydrogen-bond donors (Lipinski definition) is 1. The molecular formula is C22H23Cl2N3O5S. The number of nitrogens with one attached hydrogen (secondary N) is 1. The molecule has 0 saturated carbocycles. The van der Waals surface area contributed by atoms with Gasteiger partial charge in [-0.3, -0.25) is 14.4 Å². The Balaban J connectivity index is 1.94. The summed E-state index contributed by atoms with van der Waals surface area (Å²) in [6.45, 7) is 3.09. The molecular weight excluding hydrogens is 489 g/mol. The zero-order valence-electron chi connectivity index (χ0n) is 18.0. The van der Waals surface area contributed by atoms with Crippen LogP contribution in [-0.2, 0) is 26.2 Å². The Hall–Kier alpha value is -2.62. The van der Waals surface area contributed by atoms with E-state index in [4.69, 9.17) is 23.2 Å². The summed E-state index contributed by atoms with van der Waals surface area (Å²) in [6.07, 6.45) is 0.278. The zero-order chi connectivity index (χ0) is 24.3. The highest BCUT2D eigenvalue weighted by Gasteiger charge is 2.43. The van der Waals surface area contributed by atoms with Gasteiger partial charge in [0.1, 0.15) is 17.5 Å². The fraction of sp³-hybridized carbons (Fsp3) is 0.318. The van der Waals surface area contributed by atoms with Crippen LogP contribution in [0.1, 0.15) is 36.2 Å². The van der Waals surface area contributed by atoms with E-state index in [1.807, 2.05) is 0 Å². The molecule has 1 atom stereocenters. The van der Waals surface area contributed by atoms with Gasteiger partial charge >= 0.3 is 0 Å². The molecule has 1 heterocycles. The molecule has 0 bridgehead atoms. The Morgan fingerprint density at radius 2 is 1.79 bits per heavy atom. The maximum absolute atomic E-state index is 13.4. The molecule has 0 saturated heterocycles. The number of hydrogen-bond acceptors (Lipinski definition) is 5. The summed E-state index contributed by atoms with van der Waals surface area (Å²) in [5.41, 5.74) is 0.608. The molecule has 1 aliphatic rings. The summed E-state index contributed by atoms with van der Waals surface area (Å²) in [7, 11) is -4.18. The number of amides is 3. The Morgan fingerprint density at radius 3 is 2.39 bits per heavy atom. The highest BCUT2D eigenvalue weighted by molar-refractivity contribution is 7.90. The van der Waals surface area contributed by atoms with Crippen molar-refractivity contribution in [1.82, 2.24) is 14.5 Å². The molecule has 2 aromatic rings. The number of rotatable bonds is 8. The molecule has 0 spiro atoms. The van der Waals surface area contributed by atoms with Crippen LogP contribution < -0.4 is 5.32 Å². The van der Waals surface area contributed by atoms with E-state index in [1.165, 1.54) is 23.1 Å². The van der Waals surface area contributed by atoms with Crippen molar-refractivity contribution in [3.63, 3.8) is 0 Å². The Kier molecular flexibility index (Phi) is 7.66. The summed E-state index contributed by atoms with van der Waals surface area (Å²) < 4.78 is 26.3. The van der Waals surface area contributed by atoms with Gasteiger partial charge in [0.15, 0.2) is 0 Å². The van der Waals surface area contributed by atoms with Gasteiger partial charge < -0.3 is 10.2 Å². The van der Waals surface area contributed by atoms with Crippen LogP contribution in [0.2, 0.25) is 10.0 Å². The predicted octanol–water partition coefficient (Wildman–Crippen LogP) is 3.08. The van der Waals surface area contributed by atoms with E-state index in [9.17, 15) is 22.8 Å². The Morgan fingerprint density at radius 1 is 1.09 bits per heavy atom. The average molecular weight is 512 g/mol. The van der Waals surface area contributed by atoms with Crippen LogP contribution in [0.25, 0.3) is 0 Å². The van der Waals surface area contributed by atoms with Crippen LogP contribution in [0.4, 0.5) is 0 Å². The lowest BCUT2D eigenvalue weighted by molar-refractivity contribution is -0.141. The number of sulfonamides is 1. The van der Waals surface area contributed by atoms with Crippen LogP contribution in [-0.4, -0.2) is 54.5 Å². The smallest absolute Gasteiger partial charge is 0.269 e. The molecule has 2 aromatic carbocycles. The molecule has 1 unspecified atom stereocenters. The number of fused-ring (bicyclic) bond motifs is 1. The largest absolute Gasteiger partial charge is 0.355 e. The standard InChI is InChI=1S/C22H23Cl2N3O5S/c1-3-18(21(29)25-4-2)26(12-14-9-10-16(23)17(24)11-14)20(28)13-27-22(30)15-7-5-6-8-19(15)33(27,31)32/h5-11,18H,3-4,12-13H2,1-2H3,(H,25,29). The fourth-order valence-electron chi connectivity index (χ4n) is 3.65. The number of likely N-dealkylation sites (N-methyl/N-ethyl adjacent to an activating group) is 1. The minimum absolute atomic E-state index is 0.0112. The van der Waals surface area contributed by atoms with Gasteiger partial charge in [-0.15, -0.1) is 0 Å². The summed E-state index contributed by atoms with van der Waals surface area (Å²) in [6, 6.07) is 9.70. The van der Waals surface area contributed by atoms with E-state index < -0.39 is 34.4 Å². The van der Waals surface area contributed by atoms with Crippen LogP contribution in [0.15, 0.2) is 47.4 Å². The van der Waals surface area contributed by atoms with Crippen LogP contribution >= 0.6 is 23.2 Å². The van der Waals surface area contributed by atoms with Gasteiger partial charge in [0.25, 0.3) is 15.9 Å². The normalized spacial score (nSPS) is 15.2. The molecule has 0 aliphatic carbocycles. The van der Waals surface area contributed by atoms with Crippen molar-refractivity contribution >= 4 is 50.9 Å². The lowest BCUT2D eigenvalue weighted by Crippen LogP contribution is -2.52. The first-order chi connectivity index (χ1) is 15.6. The van der Waals surface area contributed by atoms with Crippen molar-refractivity contribution < 1.29 is 22.8 Å². The summed E-state index contributed by atoms with van der Waals surface area (Å²) in [5.74, 6) is -1.85. The highest BCUT2D eigenvalue weighted by Crippen LogP contribution is 2.30. The number of halogens is 2. The second kappa shape index (κ2) is 10.1. The van der Waals surface area contributed by atoms with Crippen molar-refractivity contribution in [3.8, 4) is 0 Å². The molecule has 0 fully saturated rings. The van der Waals surface area contributed by atoms with E-state index in [0.717, 1.165) is 0 Å². The Bertz CT molecular complexity index is 1200. The van der Waals surface area contributed by atoms with E-state index in [-0.39, 0.29) is 34.4 Å². The maximum Gasteiger partial charge on any atom is 0.269 e.